The lowest BCUT2D eigenvalue weighted by Gasteiger charge is -2.08. The van der Waals surface area contributed by atoms with Crippen LogP contribution in [0.15, 0.2) is 0 Å². The molecule has 0 aliphatic rings. The lowest BCUT2D eigenvalue weighted by molar-refractivity contribution is -0.142. The molecule has 84 valence electrons. The van der Waals surface area contributed by atoms with E-state index in [0.717, 1.165) is 25.7 Å². The summed E-state index contributed by atoms with van der Waals surface area (Å²) < 4.78 is 11.5. The summed E-state index contributed by atoms with van der Waals surface area (Å²) in [4.78, 5) is 10.9. The highest BCUT2D eigenvalue weighted by Gasteiger charge is 2.11. The molecule has 0 aliphatic carbocycles. The number of carbonyl (C=O) groups excluding carboxylic acids is 1. The highest BCUT2D eigenvalue weighted by Crippen LogP contribution is 2.08. The van der Waals surface area contributed by atoms with Crippen LogP contribution in [0.3, 0.4) is 0 Å². The molecule has 1 atom stereocenters. The van der Waals surface area contributed by atoms with E-state index in [-0.39, 0.29) is 5.97 Å². The van der Waals surface area contributed by atoms with E-state index in [9.17, 15) is 4.79 Å². The lowest BCUT2D eigenvalue weighted by Crippen LogP contribution is -2.31. The molecule has 0 aliphatic heterocycles. The van der Waals surface area contributed by atoms with Crippen molar-refractivity contribution in [2.24, 2.45) is 5.73 Å². The zero-order chi connectivity index (χ0) is 11.5. The Balaban J connectivity index is 3.20. The molecule has 0 bridgehead atoms. The van der Waals surface area contributed by atoms with Crippen LogP contribution in [0.25, 0.3) is 0 Å². The average molecular weight is 202 g/mol. The van der Waals surface area contributed by atoms with E-state index in [1.54, 1.807) is 0 Å². The zero-order valence-electron chi connectivity index (χ0n) is 10.1. The molecule has 0 aromatic rings. The first kappa shape index (κ1) is 11.5. The third-order valence-electron chi connectivity index (χ3n) is 2.27. The molecule has 0 fully saturated rings. The smallest absolute Gasteiger partial charge is 0.322 e. The molecule has 3 heteroatoms. The summed E-state index contributed by atoms with van der Waals surface area (Å²) in [6, 6.07) is -0.455. The van der Waals surface area contributed by atoms with Gasteiger partial charge in [-0.25, -0.2) is 0 Å². The van der Waals surface area contributed by atoms with Crippen molar-refractivity contribution in [1.82, 2.24) is 0 Å². The highest BCUT2D eigenvalue weighted by atomic mass is 16.5. The summed E-state index contributed by atoms with van der Waals surface area (Å²) in [6.45, 7) is 0.535. The van der Waals surface area contributed by atoms with Crippen molar-refractivity contribution in [2.45, 2.75) is 57.9 Å². The van der Waals surface area contributed by atoms with Gasteiger partial charge >= 0.3 is 5.97 Å². The van der Waals surface area contributed by atoms with Crippen LogP contribution < -0.4 is 5.73 Å². The van der Waals surface area contributed by atoms with E-state index in [1.807, 2.05) is 0 Å². The van der Waals surface area contributed by atoms with Gasteiger partial charge in [0.15, 0.2) is 0 Å². The van der Waals surface area contributed by atoms with Crippen molar-refractivity contribution in [3.63, 3.8) is 0 Å². The Morgan fingerprint density at radius 2 is 2.00 bits per heavy atom. The van der Waals surface area contributed by atoms with Gasteiger partial charge in [0.1, 0.15) is 6.04 Å². The molecule has 0 saturated heterocycles. The molecule has 0 aromatic heterocycles. The topological polar surface area (TPSA) is 52.3 Å². The molecule has 0 amide bonds. The number of nitrogens with two attached hydrogens (primary N) is 1. The number of hydrogen-bond donors (Lipinski definition) is 1. The van der Waals surface area contributed by atoms with Gasteiger partial charge in [0.05, 0.1) is 7.11 Å². The monoisotopic (exact) mass is 202 g/mol. The van der Waals surface area contributed by atoms with Gasteiger partial charge in [-0.05, 0) is 6.42 Å². The molecule has 0 rings (SSSR count). The van der Waals surface area contributed by atoms with Gasteiger partial charge in [-0.2, -0.15) is 0 Å². The number of esters is 1. The highest BCUT2D eigenvalue weighted by molar-refractivity contribution is 5.75. The Bertz CT molecular complexity index is 165. The zero-order valence-corrected chi connectivity index (χ0v) is 9.13. The number of unbranched alkanes of at least 4 members (excludes halogenated alkanes) is 5. The molecule has 1 unspecified atom stereocenters. The Kier molecular flexibility index (Phi) is 7.40. The van der Waals surface area contributed by atoms with Crippen molar-refractivity contribution in [1.29, 1.82) is 0 Å². The summed E-state index contributed by atoms with van der Waals surface area (Å²) >= 11 is 0. The molecule has 0 radical (unpaired) electrons. The Morgan fingerprint density at radius 1 is 1.36 bits per heavy atom. The predicted molar refractivity (Wildman–Crippen MR) is 58.0 cm³/mol. The number of ether oxygens (including phenoxy) is 1. The quantitative estimate of drug-likeness (QED) is 0.485. The van der Waals surface area contributed by atoms with E-state index in [0.29, 0.717) is 13.3 Å². The van der Waals surface area contributed by atoms with Crippen LogP contribution in [0.2, 0.25) is 0 Å². The number of hydrogen-bond acceptors (Lipinski definition) is 3. The van der Waals surface area contributed by atoms with Gasteiger partial charge in [-0.15, -0.1) is 0 Å². The van der Waals surface area contributed by atoms with Crippen molar-refractivity contribution in [3.8, 4) is 0 Å². The summed E-state index contributed by atoms with van der Waals surface area (Å²) in [6.07, 6.45) is 7.32. The summed E-state index contributed by atoms with van der Waals surface area (Å²) in [5, 5.41) is 0. The third-order valence-corrected chi connectivity index (χ3v) is 2.27. The summed E-state index contributed by atoms with van der Waals surface area (Å²) in [5.74, 6) is -0.316. The largest absolute Gasteiger partial charge is 0.468 e. The fourth-order valence-corrected chi connectivity index (χ4v) is 1.34. The first-order valence-electron chi connectivity index (χ1n) is 6.05. The van der Waals surface area contributed by atoms with E-state index in [1.165, 1.54) is 20.0 Å². The number of rotatable bonds is 8. The van der Waals surface area contributed by atoms with Crippen LogP contribution in [0.5, 0.6) is 0 Å². The fourth-order valence-electron chi connectivity index (χ4n) is 1.34. The Labute approximate surface area is 88.4 Å². The minimum absolute atomic E-state index is 0.316. The second-order valence-electron chi connectivity index (χ2n) is 3.54. The first-order chi connectivity index (χ1) is 7.22. The molecular weight excluding hydrogens is 178 g/mol. The van der Waals surface area contributed by atoms with E-state index >= 15 is 0 Å². The second-order valence-corrected chi connectivity index (χ2v) is 3.54. The van der Waals surface area contributed by atoms with Crippen LogP contribution >= 0.6 is 0 Å². The van der Waals surface area contributed by atoms with Gasteiger partial charge in [0.25, 0.3) is 0 Å². The molecule has 3 nitrogen and oxygen atoms in total. The summed E-state index contributed by atoms with van der Waals surface area (Å²) in [5.41, 5.74) is 5.59. The van der Waals surface area contributed by atoms with Crippen molar-refractivity contribution >= 4 is 5.97 Å². The van der Waals surface area contributed by atoms with Crippen molar-refractivity contribution in [3.05, 3.63) is 0 Å². The predicted octanol–water partition coefficient (Wildman–Crippen LogP) is 2.24. The van der Waals surface area contributed by atoms with Crippen LogP contribution in [0, 0.1) is 0 Å². The number of methoxy groups -OCH3 is 1. The van der Waals surface area contributed by atoms with Crippen molar-refractivity contribution in [2.75, 3.05) is 7.11 Å². The molecule has 0 saturated carbocycles. The van der Waals surface area contributed by atoms with Crippen LogP contribution in [-0.2, 0) is 9.53 Å². The van der Waals surface area contributed by atoms with Gasteiger partial charge in [-0.1, -0.05) is 45.4 Å². The second kappa shape index (κ2) is 9.00. The van der Waals surface area contributed by atoms with Gasteiger partial charge in [-0.3, -0.25) is 4.79 Å². The summed E-state index contributed by atoms with van der Waals surface area (Å²) in [7, 11) is 1.36. The molecule has 0 spiro atoms. The molecule has 2 N–H and O–H groups in total. The normalized spacial score (nSPS) is 13.4. The van der Waals surface area contributed by atoms with Crippen LogP contribution in [0.1, 0.15) is 53.2 Å². The van der Waals surface area contributed by atoms with Gasteiger partial charge < -0.3 is 10.5 Å². The Hall–Kier alpha value is -0.570. The maximum Gasteiger partial charge on any atom is 0.322 e. The minimum atomic E-state index is -0.455. The maximum atomic E-state index is 10.9. The maximum absolute atomic E-state index is 10.9. The fraction of sp³-hybridized carbons (Fsp3) is 0.909. The first-order valence-corrected chi connectivity index (χ1v) is 5.35. The Morgan fingerprint density at radius 3 is 2.64 bits per heavy atom. The van der Waals surface area contributed by atoms with E-state index in [2.05, 4.69) is 4.74 Å². The standard InChI is InChI=1S/C11H23NO2/c1-3-4-5-6-7-8-9-10(12)11(13)14-2/h10H,3-9,12H2,1-2H3/i1D. The van der Waals surface area contributed by atoms with Gasteiger partial charge in [0.2, 0.25) is 0 Å². The lowest BCUT2D eigenvalue weighted by atomic mass is 10.1. The number of carbonyl (C=O) groups is 1. The van der Waals surface area contributed by atoms with Gasteiger partial charge in [0, 0.05) is 1.37 Å². The molecule has 0 heterocycles. The average Bonchev–Trinajstić information content (AvgIpc) is 2.26. The minimum Gasteiger partial charge on any atom is -0.468 e. The van der Waals surface area contributed by atoms with E-state index < -0.39 is 6.04 Å². The SMILES string of the molecule is [2H]CCCCCCCCC(N)C(=O)OC. The van der Waals surface area contributed by atoms with E-state index in [4.69, 9.17) is 7.10 Å². The third kappa shape index (κ3) is 6.89. The van der Waals surface area contributed by atoms with Crippen LogP contribution in [-0.4, -0.2) is 19.1 Å². The molecule has 0 aromatic carbocycles. The van der Waals surface area contributed by atoms with Crippen molar-refractivity contribution < 1.29 is 10.9 Å². The molecule has 14 heavy (non-hydrogen) atoms. The van der Waals surface area contributed by atoms with Crippen LogP contribution in [0.4, 0.5) is 0 Å². The molecular formula is C11H23NO2.